The van der Waals surface area contributed by atoms with Gasteiger partial charge in [-0.25, -0.2) is 0 Å². The molecule has 0 spiro atoms. The van der Waals surface area contributed by atoms with Gasteiger partial charge in [-0.05, 0) is 18.6 Å². The molecular formula is C14H16N2O4. The fraction of sp³-hybridized carbons (Fsp3) is 0.286. The van der Waals surface area contributed by atoms with Crippen LogP contribution in [-0.2, 0) is 4.74 Å². The fourth-order valence-corrected chi connectivity index (χ4v) is 1.88. The van der Waals surface area contributed by atoms with Gasteiger partial charge in [-0.15, -0.1) is 0 Å². The second kappa shape index (κ2) is 6.21. The Hall–Kier alpha value is -2.34. The summed E-state index contributed by atoms with van der Waals surface area (Å²) >= 11 is 0. The van der Waals surface area contributed by atoms with Crippen LogP contribution in [0.1, 0.15) is 16.8 Å². The number of hydrogen-bond acceptors (Lipinski definition) is 5. The molecule has 1 amide bonds. The van der Waals surface area contributed by atoms with E-state index >= 15 is 0 Å². The van der Waals surface area contributed by atoms with E-state index in [1.54, 1.807) is 31.4 Å². The molecule has 0 aliphatic carbocycles. The van der Waals surface area contributed by atoms with Gasteiger partial charge < -0.3 is 20.2 Å². The standard InChI is InChI=1S/C14H16N2O4/c1-19-8-4-7-16-14(18)11-12(17)9-5-2-3-6-10(9)20-13(11)15/h2-3,5-6H,4,7-8,15H2,1H3,(H,16,18). The normalized spacial score (nSPS) is 10.7. The molecule has 1 aromatic heterocycles. The lowest BCUT2D eigenvalue weighted by atomic mass is 10.1. The van der Waals surface area contributed by atoms with Crippen molar-refractivity contribution in [2.45, 2.75) is 6.42 Å². The summed E-state index contributed by atoms with van der Waals surface area (Å²) in [6.07, 6.45) is 0.654. The van der Waals surface area contributed by atoms with Crippen LogP contribution in [0.4, 0.5) is 5.88 Å². The molecule has 0 saturated carbocycles. The van der Waals surface area contributed by atoms with E-state index in [9.17, 15) is 9.59 Å². The van der Waals surface area contributed by atoms with Gasteiger partial charge in [0.25, 0.3) is 5.91 Å². The minimum atomic E-state index is -0.530. The number of rotatable bonds is 5. The number of nitrogens with two attached hydrogens (primary N) is 1. The Morgan fingerprint density at radius 1 is 1.40 bits per heavy atom. The summed E-state index contributed by atoms with van der Waals surface area (Å²) in [6.45, 7) is 0.931. The molecule has 1 aromatic carbocycles. The Morgan fingerprint density at radius 3 is 2.90 bits per heavy atom. The van der Waals surface area contributed by atoms with Gasteiger partial charge in [0, 0.05) is 20.3 Å². The smallest absolute Gasteiger partial charge is 0.260 e. The second-order valence-corrected chi connectivity index (χ2v) is 4.27. The van der Waals surface area contributed by atoms with E-state index in [2.05, 4.69) is 5.32 Å². The van der Waals surface area contributed by atoms with Crippen molar-refractivity contribution in [3.8, 4) is 0 Å². The van der Waals surface area contributed by atoms with Gasteiger partial charge in [0.1, 0.15) is 11.1 Å². The van der Waals surface area contributed by atoms with Gasteiger partial charge >= 0.3 is 0 Å². The molecule has 0 radical (unpaired) electrons. The zero-order valence-corrected chi connectivity index (χ0v) is 11.1. The number of carbonyl (C=O) groups is 1. The zero-order valence-electron chi connectivity index (χ0n) is 11.1. The second-order valence-electron chi connectivity index (χ2n) is 4.27. The first-order chi connectivity index (χ1) is 9.65. The minimum Gasteiger partial charge on any atom is -0.440 e. The Morgan fingerprint density at radius 2 is 2.15 bits per heavy atom. The molecule has 6 heteroatoms. The predicted octanol–water partition coefficient (Wildman–Crippen LogP) is 1.14. The first kappa shape index (κ1) is 14.1. The number of fused-ring (bicyclic) bond motifs is 1. The number of methoxy groups -OCH3 is 1. The third kappa shape index (κ3) is 2.80. The van der Waals surface area contributed by atoms with E-state index in [0.717, 1.165) is 0 Å². The summed E-state index contributed by atoms with van der Waals surface area (Å²) in [6, 6.07) is 6.67. The van der Waals surface area contributed by atoms with Crippen molar-refractivity contribution in [3.05, 3.63) is 40.1 Å². The number of ether oxygens (including phenoxy) is 1. The number of anilines is 1. The zero-order chi connectivity index (χ0) is 14.5. The molecule has 0 saturated heterocycles. The van der Waals surface area contributed by atoms with E-state index in [0.29, 0.717) is 30.5 Å². The van der Waals surface area contributed by atoms with Crippen molar-refractivity contribution in [2.24, 2.45) is 0 Å². The molecule has 6 nitrogen and oxygen atoms in total. The van der Waals surface area contributed by atoms with Gasteiger partial charge in [0.05, 0.1) is 5.39 Å². The quantitative estimate of drug-likeness (QED) is 0.799. The fourth-order valence-electron chi connectivity index (χ4n) is 1.88. The van der Waals surface area contributed by atoms with Crippen LogP contribution in [0.3, 0.4) is 0 Å². The van der Waals surface area contributed by atoms with Crippen molar-refractivity contribution >= 4 is 22.8 Å². The maximum atomic E-state index is 12.3. The van der Waals surface area contributed by atoms with Crippen LogP contribution in [-0.4, -0.2) is 26.2 Å². The van der Waals surface area contributed by atoms with E-state index in [1.165, 1.54) is 0 Å². The Bertz CT molecular complexity index is 678. The molecule has 20 heavy (non-hydrogen) atoms. The molecule has 0 atom stereocenters. The molecule has 1 heterocycles. The Labute approximate surface area is 115 Å². The molecule has 2 rings (SSSR count). The summed E-state index contributed by atoms with van der Waals surface area (Å²) < 4.78 is 10.2. The number of nitrogen functional groups attached to an aromatic ring is 1. The topological polar surface area (TPSA) is 94.6 Å². The van der Waals surface area contributed by atoms with Gasteiger partial charge in [-0.1, -0.05) is 12.1 Å². The number of carbonyl (C=O) groups excluding carboxylic acids is 1. The molecule has 106 valence electrons. The van der Waals surface area contributed by atoms with E-state index in [1.807, 2.05) is 0 Å². The number of hydrogen-bond donors (Lipinski definition) is 2. The summed E-state index contributed by atoms with van der Waals surface area (Å²) in [4.78, 5) is 24.3. The Balaban J connectivity index is 2.29. The molecule has 2 aromatic rings. The van der Waals surface area contributed by atoms with E-state index in [4.69, 9.17) is 14.9 Å². The average molecular weight is 276 g/mol. The van der Waals surface area contributed by atoms with Crippen molar-refractivity contribution < 1.29 is 13.9 Å². The molecule has 0 bridgehead atoms. The molecular weight excluding hydrogens is 260 g/mol. The highest BCUT2D eigenvalue weighted by Gasteiger charge is 2.18. The molecule has 0 aliphatic heterocycles. The van der Waals surface area contributed by atoms with E-state index < -0.39 is 11.3 Å². The Kier molecular flexibility index (Phi) is 4.37. The molecule has 0 unspecified atom stereocenters. The third-order valence-corrected chi connectivity index (χ3v) is 2.86. The summed E-state index contributed by atoms with van der Waals surface area (Å²) in [7, 11) is 1.58. The lowest BCUT2D eigenvalue weighted by Gasteiger charge is -2.07. The van der Waals surface area contributed by atoms with Crippen LogP contribution < -0.4 is 16.5 Å². The van der Waals surface area contributed by atoms with Crippen molar-refractivity contribution in [1.82, 2.24) is 5.32 Å². The number of benzene rings is 1. The maximum Gasteiger partial charge on any atom is 0.260 e. The number of para-hydroxylation sites is 1. The van der Waals surface area contributed by atoms with Crippen LogP contribution in [0.25, 0.3) is 11.0 Å². The highest BCUT2D eigenvalue weighted by atomic mass is 16.5. The summed E-state index contributed by atoms with van der Waals surface area (Å²) in [5.74, 6) is -0.698. The van der Waals surface area contributed by atoms with Crippen LogP contribution >= 0.6 is 0 Å². The number of amides is 1. The van der Waals surface area contributed by atoms with Crippen molar-refractivity contribution in [2.75, 3.05) is 26.0 Å². The van der Waals surface area contributed by atoms with Gasteiger partial charge in [0.15, 0.2) is 0 Å². The molecule has 0 fully saturated rings. The minimum absolute atomic E-state index is 0.152. The van der Waals surface area contributed by atoms with Crippen molar-refractivity contribution in [3.63, 3.8) is 0 Å². The van der Waals surface area contributed by atoms with Gasteiger partial charge in [-0.3, -0.25) is 9.59 Å². The predicted molar refractivity (Wildman–Crippen MR) is 75.7 cm³/mol. The SMILES string of the molecule is COCCCNC(=O)c1c(N)oc2ccccc2c1=O. The number of nitrogens with one attached hydrogen (secondary N) is 1. The largest absolute Gasteiger partial charge is 0.440 e. The highest BCUT2D eigenvalue weighted by molar-refractivity contribution is 6.00. The highest BCUT2D eigenvalue weighted by Crippen LogP contribution is 2.16. The van der Waals surface area contributed by atoms with Crippen LogP contribution in [0.15, 0.2) is 33.5 Å². The monoisotopic (exact) mass is 276 g/mol. The van der Waals surface area contributed by atoms with E-state index in [-0.39, 0.29) is 11.4 Å². The lowest BCUT2D eigenvalue weighted by Crippen LogP contribution is -2.31. The maximum absolute atomic E-state index is 12.3. The van der Waals surface area contributed by atoms with Crippen LogP contribution in [0.2, 0.25) is 0 Å². The first-order valence-electron chi connectivity index (χ1n) is 6.23. The van der Waals surface area contributed by atoms with Crippen LogP contribution in [0, 0.1) is 0 Å². The van der Waals surface area contributed by atoms with Gasteiger partial charge in [0.2, 0.25) is 11.3 Å². The summed E-state index contributed by atoms with van der Waals surface area (Å²) in [5.41, 5.74) is 5.46. The van der Waals surface area contributed by atoms with Crippen LogP contribution in [0.5, 0.6) is 0 Å². The van der Waals surface area contributed by atoms with Crippen molar-refractivity contribution in [1.29, 1.82) is 0 Å². The first-order valence-corrected chi connectivity index (χ1v) is 6.23. The summed E-state index contributed by atoms with van der Waals surface area (Å²) in [5, 5.41) is 2.96. The molecule has 3 N–H and O–H groups in total. The lowest BCUT2D eigenvalue weighted by molar-refractivity contribution is 0.0947. The van der Waals surface area contributed by atoms with Gasteiger partial charge in [-0.2, -0.15) is 0 Å². The molecule has 0 aliphatic rings. The third-order valence-electron chi connectivity index (χ3n) is 2.86. The average Bonchev–Trinajstić information content (AvgIpc) is 2.43.